The molecule has 0 unspecified atom stereocenters. The quantitative estimate of drug-likeness (QED) is 0.321. The predicted octanol–water partition coefficient (Wildman–Crippen LogP) is 6.16. The Labute approximate surface area is 210 Å². The van der Waals surface area contributed by atoms with Crippen LogP contribution in [0.4, 0.5) is 4.39 Å². The van der Waals surface area contributed by atoms with Gasteiger partial charge < -0.3 is 14.4 Å². The maximum atomic E-state index is 13.7. The number of hydrogen-bond acceptors (Lipinski definition) is 2. The van der Waals surface area contributed by atoms with E-state index < -0.39 is 0 Å². The number of amides is 2. The summed E-state index contributed by atoms with van der Waals surface area (Å²) in [6.07, 6.45) is 11.9. The molecule has 0 saturated heterocycles. The molecule has 1 heterocycles. The minimum Gasteiger partial charge on any atom is -0.345 e. The lowest BCUT2D eigenvalue weighted by molar-refractivity contribution is -0.143. The smallest absolute Gasteiger partial charge is 0.242 e. The molecule has 1 aliphatic carbocycles. The fourth-order valence-corrected chi connectivity index (χ4v) is 4.99. The Kier molecular flexibility index (Phi) is 10.8. The number of benzene rings is 1. The van der Waals surface area contributed by atoms with Crippen LogP contribution in [0.25, 0.3) is 0 Å². The van der Waals surface area contributed by atoms with Gasteiger partial charge in [-0.05, 0) is 55.5 Å². The average molecular weight is 484 g/mol. The Hall–Kier alpha value is -2.63. The molecule has 2 aromatic rings. The number of halogens is 1. The van der Waals surface area contributed by atoms with Crippen molar-refractivity contribution >= 4 is 11.8 Å². The Balaban J connectivity index is 1.76. The zero-order valence-corrected chi connectivity index (χ0v) is 21.6. The van der Waals surface area contributed by atoms with Crippen LogP contribution in [0.1, 0.15) is 89.3 Å². The molecular formula is C29H42FN3O2. The van der Waals surface area contributed by atoms with Gasteiger partial charge in [0.05, 0.1) is 13.1 Å². The first kappa shape index (κ1) is 27.0. The van der Waals surface area contributed by atoms with Crippen LogP contribution in [0.5, 0.6) is 0 Å². The number of aromatic nitrogens is 1. The van der Waals surface area contributed by atoms with Crippen molar-refractivity contribution in [3.05, 3.63) is 59.7 Å². The Morgan fingerprint density at radius 3 is 2.40 bits per heavy atom. The van der Waals surface area contributed by atoms with Gasteiger partial charge in [0.1, 0.15) is 5.82 Å². The summed E-state index contributed by atoms with van der Waals surface area (Å²) in [7, 11) is 0. The molecule has 192 valence electrons. The van der Waals surface area contributed by atoms with E-state index in [1.54, 1.807) is 17.0 Å². The second-order valence-electron chi connectivity index (χ2n) is 9.84. The van der Waals surface area contributed by atoms with Crippen molar-refractivity contribution in [2.75, 3.05) is 13.1 Å². The van der Waals surface area contributed by atoms with Crippen molar-refractivity contribution in [2.45, 2.75) is 97.2 Å². The standard InChI is InChI=1S/C29H42FN3O2/c1-3-5-9-19-32(28(34)11-4-2)23-29(35)33(26-12-7-6-8-13-26)22-27-14-10-20-31(27)21-24-15-17-25(30)18-16-24/h10,14-18,20,26H,3-9,11-13,19,21-23H2,1-2H3. The normalized spacial score (nSPS) is 14.1. The highest BCUT2D eigenvalue weighted by molar-refractivity contribution is 5.85. The summed E-state index contributed by atoms with van der Waals surface area (Å²) in [5.41, 5.74) is 2.08. The molecule has 0 atom stereocenters. The lowest BCUT2D eigenvalue weighted by Crippen LogP contribution is -2.47. The van der Waals surface area contributed by atoms with E-state index in [1.807, 2.05) is 24.1 Å². The molecular weight excluding hydrogens is 441 g/mol. The zero-order valence-electron chi connectivity index (χ0n) is 21.6. The molecule has 0 aliphatic heterocycles. The van der Waals surface area contributed by atoms with Crippen LogP contribution in [-0.2, 0) is 22.7 Å². The fourth-order valence-electron chi connectivity index (χ4n) is 4.99. The van der Waals surface area contributed by atoms with Crippen LogP contribution in [0, 0.1) is 5.82 Å². The lowest BCUT2D eigenvalue weighted by atomic mass is 9.94. The van der Waals surface area contributed by atoms with Gasteiger partial charge in [-0.15, -0.1) is 0 Å². The maximum absolute atomic E-state index is 13.7. The van der Waals surface area contributed by atoms with E-state index in [0.29, 0.717) is 26.1 Å². The first-order chi connectivity index (χ1) is 17.0. The number of nitrogens with zero attached hydrogens (tertiary/aromatic N) is 3. The molecule has 1 aliphatic rings. The van der Waals surface area contributed by atoms with E-state index in [4.69, 9.17) is 0 Å². The van der Waals surface area contributed by atoms with Gasteiger partial charge in [0.15, 0.2) is 0 Å². The van der Waals surface area contributed by atoms with E-state index in [0.717, 1.165) is 62.6 Å². The van der Waals surface area contributed by atoms with Crippen LogP contribution in [0.15, 0.2) is 42.6 Å². The second-order valence-corrected chi connectivity index (χ2v) is 9.84. The molecule has 0 N–H and O–H groups in total. The Morgan fingerprint density at radius 1 is 0.971 bits per heavy atom. The van der Waals surface area contributed by atoms with E-state index in [1.165, 1.54) is 18.6 Å². The summed E-state index contributed by atoms with van der Waals surface area (Å²) in [4.78, 5) is 30.3. The third-order valence-electron chi connectivity index (χ3n) is 7.03. The van der Waals surface area contributed by atoms with Gasteiger partial charge in [-0.2, -0.15) is 0 Å². The minimum atomic E-state index is -0.239. The van der Waals surface area contributed by atoms with E-state index in [-0.39, 0.29) is 30.2 Å². The zero-order chi connectivity index (χ0) is 25.0. The molecule has 6 heteroatoms. The monoisotopic (exact) mass is 483 g/mol. The molecule has 35 heavy (non-hydrogen) atoms. The molecule has 3 rings (SSSR count). The van der Waals surface area contributed by atoms with Crippen molar-refractivity contribution in [1.29, 1.82) is 0 Å². The number of carbonyl (C=O) groups is 2. The predicted molar refractivity (Wildman–Crippen MR) is 138 cm³/mol. The van der Waals surface area contributed by atoms with Gasteiger partial charge in [0.25, 0.3) is 0 Å². The van der Waals surface area contributed by atoms with Gasteiger partial charge in [0, 0.05) is 37.4 Å². The third kappa shape index (κ3) is 8.22. The number of unbranched alkanes of at least 4 members (excludes halogenated alkanes) is 2. The van der Waals surface area contributed by atoms with Gasteiger partial charge in [-0.3, -0.25) is 9.59 Å². The van der Waals surface area contributed by atoms with Crippen LogP contribution in [-0.4, -0.2) is 45.3 Å². The van der Waals surface area contributed by atoms with Crippen molar-refractivity contribution in [3.63, 3.8) is 0 Å². The molecule has 1 saturated carbocycles. The summed E-state index contributed by atoms with van der Waals surface area (Å²) in [6.45, 7) is 6.13. The molecule has 1 fully saturated rings. The summed E-state index contributed by atoms with van der Waals surface area (Å²) in [6, 6.07) is 10.9. The first-order valence-corrected chi connectivity index (χ1v) is 13.5. The summed E-state index contributed by atoms with van der Waals surface area (Å²) < 4.78 is 15.5. The van der Waals surface area contributed by atoms with Crippen molar-refractivity contribution in [3.8, 4) is 0 Å². The largest absolute Gasteiger partial charge is 0.345 e. The number of carbonyl (C=O) groups excluding carboxylic acids is 2. The average Bonchev–Trinajstić information content (AvgIpc) is 3.30. The molecule has 5 nitrogen and oxygen atoms in total. The fraction of sp³-hybridized carbons (Fsp3) is 0.586. The minimum absolute atomic E-state index is 0.0485. The van der Waals surface area contributed by atoms with Crippen LogP contribution in [0.3, 0.4) is 0 Å². The molecule has 0 radical (unpaired) electrons. The van der Waals surface area contributed by atoms with Crippen molar-refractivity contribution < 1.29 is 14.0 Å². The van der Waals surface area contributed by atoms with Gasteiger partial charge >= 0.3 is 0 Å². The van der Waals surface area contributed by atoms with E-state index >= 15 is 0 Å². The highest BCUT2D eigenvalue weighted by atomic mass is 19.1. The van der Waals surface area contributed by atoms with Gasteiger partial charge in [0.2, 0.25) is 11.8 Å². The molecule has 0 bridgehead atoms. The Bertz CT molecular complexity index is 918. The highest BCUT2D eigenvalue weighted by Crippen LogP contribution is 2.25. The first-order valence-electron chi connectivity index (χ1n) is 13.5. The topological polar surface area (TPSA) is 45.6 Å². The molecule has 1 aromatic heterocycles. The highest BCUT2D eigenvalue weighted by Gasteiger charge is 2.28. The van der Waals surface area contributed by atoms with E-state index in [2.05, 4.69) is 17.6 Å². The molecule has 2 amide bonds. The second kappa shape index (κ2) is 14.1. The van der Waals surface area contributed by atoms with Gasteiger partial charge in [-0.1, -0.05) is 58.1 Å². The van der Waals surface area contributed by atoms with Gasteiger partial charge in [-0.25, -0.2) is 4.39 Å². The molecule has 0 spiro atoms. The van der Waals surface area contributed by atoms with Crippen LogP contribution >= 0.6 is 0 Å². The summed E-state index contributed by atoms with van der Waals surface area (Å²) >= 11 is 0. The maximum Gasteiger partial charge on any atom is 0.242 e. The Morgan fingerprint density at radius 2 is 1.71 bits per heavy atom. The van der Waals surface area contributed by atoms with E-state index in [9.17, 15) is 14.0 Å². The van der Waals surface area contributed by atoms with Crippen LogP contribution in [0.2, 0.25) is 0 Å². The SMILES string of the molecule is CCCCCN(CC(=O)N(Cc1cccn1Cc1ccc(F)cc1)C1CCCCC1)C(=O)CCC. The number of hydrogen-bond donors (Lipinski definition) is 0. The van der Waals surface area contributed by atoms with Crippen molar-refractivity contribution in [2.24, 2.45) is 0 Å². The van der Waals surface area contributed by atoms with Crippen molar-refractivity contribution in [1.82, 2.24) is 14.4 Å². The van der Waals surface area contributed by atoms with Crippen LogP contribution < -0.4 is 0 Å². The lowest BCUT2D eigenvalue weighted by Gasteiger charge is -2.36. The summed E-state index contributed by atoms with van der Waals surface area (Å²) in [5.74, 6) is -0.107. The number of rotatable bonds is 13. The molecule has 1 aromatic carbocycles. The third-order valence-corrected chi connectivity index (χ3v) is 7.03. The summed E-state index contributed by atoms with van der Waals surface area (Å²) in [5, 5.41) is 0.